The Morgan fingerprint density at radius 3 is 2.36 bits per heavy atom. The number of carbonyl (C=O) groups excluding carboxylic acids is 1. The molecule has 1 unspecified atom stereocenters. The van der Waals surface area contributed by atoms with Crippen LogP contribution in [0.2, 0.25) is 0 Å². The molecule has 2 aromatic carbocycles. The molecular weight excluding hydrogens is 424 g/mol. The number of aryl methyl sites for hydroxylation is 2. The van der Waals surface area contributed by atoms with Crippen molar-refractivity contribution in [1.82, 2.24) is 15.3 Å². The van der Waals surface area contributed by atoms with E-state index < -0.39 is 12.0 Å². The number of hydrogen-bond donors (Lipinski definition) is 4. The lowest BCUT2D eigenvalue weighted by atomic mass is 10.2. The summed E-state index contributed by atoms with van der Waals surface area (Å²) in [6.07, 6.45) is -0.706. The van der Waals surface area contributed by atoms with Gasteiger partial charge in [0.15, 0.2) is 5.82 Å². The summed E-state index contributed by atoms with van der Waals surface area (Å²) in [5, 5.41) is 22.8. The van der Waals surface area contributed by atoms with Crippen LogP contribution < -0.4 is 20.5 Å². The van der Waals surface area contributed by atoms with Crippen LogP contribution in [0.4, 0.5) is 0 Å². The Hall–Kier alpha value is -3.69. The van der Waals surface area contributed by atoms with Crippen molar-refractivity contribution in [3.63, 3.8) is 0 Å². The highest BCUT2D eigenvalue weighted by Gasteiger charge is 2.10. The number of aromatic hydroxyl groups is 1. The van der Waals surface area contributed by atoms with Crippen molar-refractivity contribution in [3.05, 3.63) is 65.5 Å². The van der Waals surface area contributed by atoms with Crippen LogP contribution >= 0.6 is 0 Å². The van der Waals surface area contributed by atoms with E-state index in [1.165, 1.54) is 12.1 Å². The summed E-state index contributed by atoms with van der Waals surface area (Å²) in [5.74, 6) is 0.811. The number of rotatable bonds is 11. The smallest absolute Gasteiger partial charge is 0.252 e. The molecule has 0 aliphatic carbocycles. The molecule has 0 saturated carbocycles. The molecule has 3 aromatic rings. The molecule has 1 heterocycles. The number of amides is 1. The Kier molecular flexibility index (Phi) is 8.17. The van der Waals surface area contributed by atoms with Gasteiger partial charge in [-0.15, -0.1) is 0 Å². The van der Waals surface area contributed by atoms with Gasteiger partial charge in [0, 0.05) is 30.0 Å². The van der Waals surface area contributed by atoms with Crippen molar-refractivity contribution in [3.8, 4) is 28.6 Å². The Bertz CT molecular complexity index is 1070. The zero-order chi connectivity index (χ0) is 23.8. The Labute approximate surface area is 192 Å². The van der Waals surface area contributed by atoms with Crippen molar-refractivity contribution < 1.29 is 24.5 Å². The molecule has 9 nitrogen and oxygen atoms in total. The van der Waals surface area contributed by atoms with Crippen molar-refractivity contribution in [1.29, 1.82) is 0 Å². The van der Waals surface area contributed by atoms with E-state index in [0.717, 1.165) is 17.0 Å². The molecule has 0 radical (unpaired) electrons. The first-order valence-corrected chi connectivity index (χ1v) is 10.5. The number of hydrogen-bond acceptors (Lipinski definition) is 8. The van der Waals surface area contributed by atoms with Gasteiger partial charge in [0.1, 0.15) is 36.6 Å². The summed E-state index contributed by atoms with van der Waals surface area (Å²) in [7, 11) is 0. The predicted octanol–water partition coefficient (Wildman–Crippen LogP) is 1.97. The zero-order valence-corrected chi connectivity index (χ0v) is 18.6. The van der Waals surface area contributed by atoms with Gasteiger partial charge in [-0.05, 0) is 62.4 Å². The number of benzene rings is 2. The molecule has 5 N–H and O–H groups in total. The van der Waals surface area contributed by atoms with Gasteiger partial charge in [-0.25, -0.2) is 9.97 Å². The van der Waals surface area contributed by atoms with Gasteiger partial charge in [0.2, 0.25) is 0 Å². The monoisotopic (exact) mass is 452 g/mol. The Balaban J connectivity index is 1.37. The third-order valence-corrected chi connectivity index (χ3v) is 4.70. The van der Waals surface area contributed by atoms with Gasteiger partial charge in [-0.2, -0.15) is 0 Å². The lowest BCUT2D eigenvalue weighted by molar-refractivity contribution is 0.0996. The summed E-state index contributed by atoms with van der Waals surface area (Å²) in [6.45, 7) is 5.09. The number of primary amides is 1. The van der Waals surface area contributed by atoms with Crippen molar-refractivity contribution in [2.75, 3.05) is 26.3 Å². The van der Waals surface area contributed by atoms with Crippen molar-refractivity contribution in [2.45, 2.75) is 20.0 Å². The van der Waals surface area contributed by atoms with Crippen LogP contribution in [-0.2, 0) is 0 Å². The number of nitrogens with two attached hydrogens (primary N) is 1. The van der Waals surface area contributed by atoms with Gasteiger partial charge < -0.3 is 30.7 Å². The standard InChI is InChI=1S/C24H28N4O5/c1-15-11-16(2)28-24(27-15)17-3-5-19(6-4-17)33-14-18(29)13-26-9-10-32-20-7-8-22(30)21(12-20)23(25)31/h3-8,11-12,18,26,29-30H,9-10,13-14H2,1-2H3,(H2,25,31). The average Bonchev–Trinajstić information content (AvgIpc) is 2.78. The first kappa shape index (κ1) is 24.0. The number of carbonyl (C=O) groups is 1. The topological polar surface area (TPSA) is 140 Å². The fraction of sp³-hybridized carbons (Fsp3) is 0.292. The fourth-order valence-electron chi connectivity index (χ4n) is 3.12. The zero-order valence-electron chi connectivity index (χ0n) is 18.6. The van der Waals surface area contributed by atoms with Gasteiger partial charge in [-0.3, -0.25) is 4.79 Å². The molecule has 1 atom stereocenters. The molecule has 1 aromatic heterocycles. The summed E-state index contributed by atoms with van der Waals surface area (Å²) < 4.78 is 11.2. The molecule has 3 rings (SSSR count). The predicted molar refractivity (Wildman–Crippen MR) is 123 cm³/mol. The number of aliphatic hydroxyl groups excluding tert-OH is 1. The van der Waals surface area contributed by atoms with Crippen LogP contribution in [0.15, 0.2) is 48.5 Å². The summed E-state index contributed by atoms with van der Waals surface area (Å²) in [5.41, 5.74) is 7.92. The minimum Gasteiger partial charge on any atom is -0.507 e. The Morgan fingerprint density at radius 2 is 1.70 bits per heavy atom. The summed E-state index contributed by atoms with van der Waals surface area (Å²) >= 11 is 0. The van der Waals surface area contributed by atoms with E-state index in [-0.39, 0.29) is 17.9 Å². The summed E-state index contributed by atoms with van der Waals surface area (Å²) in [4.78, 5) is 20.1. The number of ether oxygens (including phenoxy) is 2. The molecule has 0 spiro atoms. The third kappa shape index (κ3) is 7.16. The molecule has 174 valence electrons. The van der Waals surface area contributed by atoms with Crippen molar-refractivity contribution in [2.24, 2.45) is 5.73 Å². The third-order valence-electron chi connectivity index (χ3n) is 4.70. The van der Waals surface area contributed by atoms with Crippen LogP contribution in [0.3, 0.4) is 0 Å². The first-order valence-electron chi connectivity index (χ1n) is 10.5. The fourth-order valence-corrected chi connectivity index (χ4v) is 3.12. The molecule has 0 fully saturated rings. The SMILES string of the molecule is Cc1cc(C)nc(-c2ccc(OCC(O)CNCCOc3ccc(O)c(C(N)=O)c3)cc2)n1. The minimum absolute atomic E-state index is 0.00239. The molecule has 0 aliphatic rings. The summed E-state index contributed by atoms with van der Waals surface area (Å²) in [6, 6.07) is 13.6. The van der Waals surface area contributed by atoms with E-state index in [1.807, 2.05) is 44.2 Å². The van der Waals surface area contributed by atoms with E-state index in [9.17, 15) is 15.0 Å². The van der Waals surface area contributed by atoms with Crippen LogP contribution in [0.25, 0.3) is 11.4 Å². The lowest BCUT2D eigenvalue weighted by Gasteiger charge is -2.14. The quantitative estimate of drug-likeness (QED) is 0.324. The highest BCUT2D eigenvalue weighted by molar-refractivity contribution is 5.95. The molecule has 33 heavy (non-hydrogen) atoms. The minimum atomic E-state index is -0.729. The number of aromatic nitrogens is 2. The molecule has 0 aliphatic heterocycles. The number of nitrogens with zero attached hydrogens (tertiary/aromatic N) is 2. The number of nitrogens with one attached hydrogen (secondary N) is 1. The molecular formula is C24H28N4O5. The normalized spacial score (nSPS) is 11.7. The second-order valence-corrected chi connectivity index (χ2v) is 7.56. The average molecular weight is 453 g/mol. The van der Waals surface area contributed by atoms with E-state index in [4.69, 9.17) is 15.2 Å². The van der Waals surface area contributed by atoms with E-state index >= 15 is 0 Å². The maximum Gasteiger partial charge on any atom is 0.252 e. The van der Waals surface area contributed by atoms with E-state index in [1.54, 1.807) is 6.07 Å². The largest absolute Gasteiger partial charge is 0.507 e. The highest BCUT2D eigenvalue weighted by Crippen LogP contribution is 2.22. The number of aliphatic hydroxyl groups is 1. The van der Waals surface area contributed by atoms with Crippen LogP contribution in [0.1, 0.15) is 21.7 Å². The van der Waals surface area contributed by atoms with Crippen LogP contribution in [0.5, 0.6) is 17.2 Å². The van der Waals surface area contributed by atoms with Crippen LogP contribution in [-0.4, -0.2) is 58.5 Å². The van der Waals surface area contributed by atoms with Gasteiger partial charge >= 0.3 is 0 Å². The highest BCUT2D eigenvalue weighted by atomic mass is 16.5. The molecule has 0 saturated heterocycles. The molecule has 0 bridgehead atoms. The maximum atomic E-state index is 11.2. The van der Waals surface area contributed by atoms with Gasteiger partial charge in [0.25, 0.3) is 5.91 Å². The maximum absolute atomic E-state index is 11.2. The lowest BCUT2D eigenvalue weighted by Crippen LogP contribution is -2.33. The Morgan fingerprint density at radius 1 is 1.03 bits per heavy atom. The second-order valence-electron chi connectivity index (χ2n) is 7.56. The first-order chi connectivity index (χ1) is 15.8. The number of phenols is 1. The van der Waals surface area contributed by atoms with Gasteiger partial charge in [0.05, 0.1) is 5.56 Å². The van der Waals surface area contributed by atoms with E-state index in [0.29, 0.717) is 37.0 Å². The molecule has 1 amide bonds. The van der Waals surface area contributed by atoms with Gasteiger partial charge in [-0.1, -0.05) is 0 Å². The van der Waals surface area contributed by atoms with E-state index in [2.05, 4.69) is 15.3 Å². The van der Waals surface area contributed by atoms with Crippen molar-refractivity contribution >= 4 is 5.91 Å². The molecule has 9 heteroatoms. The second kappa shape index (κ2) is 11.3. The van der Waals surface area contributed by atoms with Crippen LogP contribution in [0, 0.1) is 13.8 Å².